The quantitative estimate of drug-likeness (QED) is 0.679. The van der Waals surface area contributed by atoms with Gasteiger partial charge in [-0.05, 0) is 43.0 Å². The zero-order valence-electron chi connectivity index (χ0n) is 14.9. The number of carbonyl (C=O) groups is 1. The number of hydrogen-bond donors (Lipinski definition) is 3. The highest BCUT2D eigenvalue weighted by atomic mass is 35.5. The van der Waals surface area contributed by atoms with Crippen LogP contribution in [0, 0.1) is 5.92 Å². The maximum atomic E-state index is 12.5. The average Bonchev–Trinajstić information content (AvgIpc) is 2.93. The van der Waals surface area contributed by atoms with Crippen molar-refractivity contribution in [3.63, 3.8) is 0 Å². The number of amides is 1. The Morgan fingerprint density at radius 3 is 2.69 bits per heavy atom. The highest BCUT2D eigenvalue weighted by molar-refractivity contribution is 6.30. The second-order valence-corrected chi connectivity index (χ2v) is 7.82. The van der Waals surface area contributed by atoms with Gasteiger partial charge in [-0.2, -0.15) is 0 Å². The lowest BCUT2D eigenvalue weighted by Crippen LogP contribution is -2.51. The number of nitrogens with zero attached hydrogens (tertiary/aromatic N) is 1. The summed E-state index contributed by atoms with van der Waals surface area (Å²) < 4.78 is 5.34. The van der Waals surface area contributed by atoms with Crippen LogP contribution in [0.15, 0.2) is 24.3 Å². The van der Waals surface area contributed by atoms with Gasteiger partial charge in [-0.3, -0.25) is 4.79 Å². The summed E-state index contributed by atoms with van der Waals surface area (Å²) in [5.74, 6) is 0.431. The minimum absolute atomic E-state index is 0.105. The van der Waals surface area contributed by atoms with Crippen molar-refractivity contribution in [2.45, 2.75) is 31.0 Å². The summed E-state index contributed by atoms with van der Waals surface area (Å²) in [4.78, 5) is 14.0. The van der Waals surface area contributed by atoms with Gasteiger partial charge in [-0.15, -0.1) is 0 Å². The van der Waals surface area contributed by atoms with Crippen LogP contribution in [-0.4, -0.2) is 72.1 Å². The number of carbonyl (C=O) groups excluding carboxylic acids is 1. The molecule has 2 aliphatic heterocycles. The first-order valence-corrected chi connectivity index (χ1v) is 9.55. The first-order valence-electron chi connectivity index (χ1n) is 9.17. The Morgan fingerprint density at radius 2 is 2.00 bits per heavy atom. The number of aliphatic hydroxyl groups excluding tert-OH is 1. The lowest BCUT2D eigenvalue weighted by Gasteiger charge is -2.28. The first kappa shape index (κ1) is 19.6. The van der Waals surface area contributed by atoms with E-state index >= 15 is 0 Å². The molecule has 0 aromatic heterocycles. The number of benzene rings is 1. The molecule has 1 amide bonds. The Kier molecular flexibility index (Phi) is 6.53. The van der Waals surface area contributed by atoms with Crippen molar-refractivity contribution < 1.29 is 19.7 Å². The number of rotatable bonds is 6. The lowest BCUT2D eigenvalue weighted by molar-refractivity contribution is -0.130. The van der Waals surface area contributed by atoms with E-state index in [1.807, 2.05) is 12.1 Å². The molecule has 3 rings (SSSR count). The SMILES string of the molecule is O=C(Cc1ccc(Cl)cc1)N1C[C@@H](O)[C@](O)(CNCC2CCOCC2)C1. The van der Waals surface area contributed by atoms with Gasteiger partial charge in [0.15, 0.2) is 0 Å². The Morgan fingerprint density at radius 1 is 1.31 bits per heavy atom. The van der Waals surface area contributed by atoms with E-state index in [1.165, 1.54) is 4.90 Å². The highest BCUT2D eigenvalue weighted by Gasteiger charge is 2.45. The largest absolute Gasteiger partial charge is 0.388 e. The molecule has 0 bridgehead atoms. The van der Waals surface area contributed by atoms with E-state index in [1.54, 1.807) is 12.1 Å². The van der Waals surface area contributed by atoms with Crippen molar-refractivity contribution in [2.24, 2.45) is 5.92 Å². The smallest absolute Gasteiger partial charge is 0.227 e. The van der Waals surface area contributed by atoms with Crippen molar-refractivity contribution in [3.05, 3.63) is 34.9 Å². The molecule has 0 radical (unpaired) electrons. The van der Waals surface area contributed by atoms with Crippen LogP contribution in [0.3, 0.4) is 0 Å². The van der Waals surface area contributed by atoms with Crippen molar-refractivity contribution >= 4 is 17.5 Å². The van der Waals surface area contributed by atoms with Crippen LogP contribution < -0.4 is 5.32 Å². The number of nitrogens with one attached hydrogen (secondary N) is 1. The van der Waals surface area contributed by atoms with Crippen LogP contribution in [0.1, 0.15) is 18.4 Å². The van der Waals surface area contributed by atoms with E-state index < -0.39 is 11.7 Å². The average molecular weight is 383 g/mol. The number of aliphatic hydroxyl groups is 2. The van der Waals surface area contributed by atoms with Gasteiger partial charge in [-0.25, -0.2) is 0 Å². The molecule has 3 N–H and O–H groups in total. The topological polar surface area (TPSA) is 82.0 Å². The maximum Gasteiger partial charge on any atom is 0.227 e. The van der Waals surface area contributed by atoms with E-state index in [-0.39, 0.29) is 32.0 Å². The number of likely N-dealkylation sites (tertiary alicyclic amines) is 1. The minimum atomic E-state index is -1.30. The van der Waals surface area contributed by atoms with Crippen LogP contribution in [0.4, 0.5) is 0 Å². The van der Waals surface area contributed by atoms with Crippen molar-refractivity contribution in [2.75, 3.05) is 39.4 Å². The fourth-order valence-electron chi connectivity index (χ4n) is 3.57. The number of β-amino-alcohol motifs (C(OH)–C–C–N with tert-alkyl or cyclic N) is 2. The molecule has 6 nitrogen and oxygen atoms in total. The molecule has 2 fully saturated rings. The predicted molar refractivity (Wildman–Crippen MR) is 99.1 cm³/mol. The summed E-state index contributed by atoms with van der Waals surface area (Å²) in [7, 11) is 0. The zero-order valence-corrected chi connectivity index (χ0v) is 15.6. The highest BCUT2D eigenvalue weighted by Crippen LogP contribution is 2.23. The minimum Gasteiger partial charge on any atom is -0.388 e. The van der Waals surface area contributed by atoms with Gasteiger partial charge in [0.1, 0.15) is 11.7 Å². The van der Waals surface area contributed by atoms with Gasteiger partial charge in [0, 0.05) is 31.3 Å². The summed E-state index contributed by atoms with van der Waals surface area (Å²) in [6.45, 7) is 2.93. The third-order valence-corrected chi connectivity index (χ3v) is 5.56. The Hall–Kier alpha value is -1.18. The molecule has 0 unspecified atom stereocenters. The lowest BCUT2D eigenvalue weighted by atomic mass is 9.98. The number of halogens is 1. The van der Waals surface area contributed by atoms with Crippen molar-refractivity contribution in [1.29, 1.82) is 0 Å². The molecule has 0 spiro atoms. The molecule has 1 aromatic carbocycles. The van der Waals surface area contributed by atoms with E-state index in [0.717, 1.165) is 38.2 Å². The fraction of sp³-hybridized carbons (Fsp3) is 0.632. The van der Waals surface area contributed by atoms with E-state index in [2.05, 4.69) is 5.32 Å². The van der Waals surface area contributed by atoms with E-state index in [9.17, 15) is 15.0 Å². The third-order valence-electron chi connectivity index (χ3n) is 5.30. The first-order chi connectivity index (χ1) is 12.5. The molecule has 1 aromatic rings. The number of hydrogen-bond acceptors (Lipinski definition) is 5. The van der Waals surface area contributed by atoms with Gasteiger partial charge in [0.25, 0.3) is 0 Å². The van der Waals surface area contributed by atoms with Crippen LogP contribution in [-0.2, 0) is 16.0 Å². The van der Waals surface area contributed by atoms with Crippen LogP contribution in [0.25, 0.3) is 0 Å². The van der Waals surface area contributed by atoms with Gasteiger partial charge in [0.05, 0.1) is 13.0 Å². The molecule has 0 saturated carbocycles. The van der Waals surface area contributed by atoms with Gasteiger partial charge in [0.2, 0.25) is 5.91 Å². The second-order valence-electron chi connectivity index (χ2n) is 7.38. The van der Waals surface area contributed by atoms with Crippen LogP contribution in [0.2, 0.25) is 5.02 Å². The van der Waals surface area contributed by atoms with Crippen LogP contribution >= 0.6 is 11.6 Å². The summed E-state index contributed by atoms with van der Waals surface area (Å²) >= 11 is 5.86. The monoisotopic (exact) mass is 382 g/mol. The summed E-state index contributed by atoms with van der Waals surface area (Å²) in [5.41, 5.74) is -0.442. The van der Waals surface area contributed by atoms with Crippen LogP contribution in [0.5, 0.6) is 0 Å². The summed E-state index contributed by atoms with van der Waals surface area (Å²) in [6, 6.07) is 7.13. The number of ether oxygens (including phenoxy) is 1. The summed E-state index contributed by atoms with van der Waals surface area (Å²) in [6.07, 6.45) is 1.31. The Labute approximate surface area is 159 Å². The standard InChI is InChI=1S/C19H27ClN2O4/c20-16-3-1-14(2-4-16)9-18(24)22-11-17(23)19(25,13-22)12-21-10-15-5-7-26-8-6-15/h1-4,15,17,21,23,25H,5-13H2/t17-,19+/m1/s1. The molecule has 0 aliphatic carbocycles. The normalized spacial score (nSPS) is 27.0. The summed E-state index contributed by atoms with van der Waals surface area (Å²) in [5, 5.41) is 24.9. The third kappa shape index (κ3) is 4.96. The van der Waals surface area contributed by atoms with Gasteiger partial charge in [-0.1, -0.05) is 23.7 Å². The molecule has 2 atom stereocenters. The molecule has 144 valence electrons. The molecular weight excluding hydrogens is 356 g/mol. The molecule has 2 aliphatic rings. The van der Waals surface area contributed by atoms with E-state index in [4.69, 9.17) is 16.3 Å². The van der Waals surface area contributed by atoms with Crippen molar-refractivity contribution in [3.8, 4) is 0 Å². The molecule has 26 heavy (non-hydrogen) atoms. The molecular formula is C19H27ClN2O4. The molecule has 2 heterocycles. The van der Waals surface area contributed by atoms with E-state index in [0.29, 0.717) is 10.9 Å². The second kappa shape index (κ2) is 8.67. The van der Waals surface area contributed by atoms with Gasteiger partial charge < -0.3 is 25.2 Å². The predicted octanol–water partition coefficient (Wildman–Crippen LogP) is 0.833. The Bertz CT molecular complexity index is 606. The fourth-order valence-corrected chi connectivity index (χ4v) is 3.70. The van der Waals surface area contributed by atoms with Gasteiger partial charge >= 0.3 is 0 Å². The maximum absolute atomic E-state index is 12.5. The Balaban J connectivity index is 1.48. The zero-order chi connectivity index (χ0) is 18.6. The van der Waals surface area contributed by atoms with Crippen molar-refractivity contribution in [1.82, 2.24) is 10.2 Å². The molecule has 2 saturated heterocycles. The molecule has 7 heteroatoms.